The summed E-state index contributed by atoms with van der Waals surface area (Å²) in [7, 11) is 0. The molecule has 2 heteroatoms. The van der Waals surface area contributed by atoms with Crippen LogP contribution in [0.4, 0.5) is 0 Å². The van der Waals surface area contributed by atoms with Crippen LogP contribution < -0.4 is 0 Å². The van der Waals surface area contributed by atoms with Gasteiger partial charge in [0.2, 0.25) is 0 Å². The molecule has 9 rings (SSSR count). The minimum Gasteiger partial charge on any atom is -0.293 e. The topological polar surface area (TPSA) is 17.8 Å². The molecular formula is C40H26N2. The SMILES string of the molecule is C1=CCc2c(ccc3ccc(-c4ccc5c(c4)c4c6ccccc6c6ccccc6c4n5-c4ccccn4)cc23)C=C1. The van der Waals surface area contributed by atoms with E-state index in [1.807, 2.05) is 12.3 Å². The molecule has 0 fully saturated rings. The molecule has 0 spiro atoms. The number of pyridine rings is 1. The molecule has 8 aromatic rings. The molecule has 42 heavy (non-hydrogen) atoms. The number of fused-ring (bicyclic) bond motifs is 11. The minimum atomic E-state index is 0.931. The fraction of sp³-hybridized carbons (Fsp3) is 0.0250. The maximum atomic E-state index is 4.82. The third kappa shape index (κ3) is 3.36. The Labute approximate surface area is 243 Å². The summed E-state index contributed by atoms with van der Waals surface area (Å²) in [5.74, 6) is 0.931. The molecule has 1 aliphatic rings. The number of nitrogens with zero attached hydrogens (tertiary/aromatic N) is 2. The summed E-state index contributed by atoms with van der Waals surface area (Å²) in [4.78, 5) is 4.82. The van der Waals surface area contributed by atoms with Crippen molar-refractivity contribution in [1.82, 2.24) is 9.55 Å². The van der Waals surface area contributed by atoms with Crippen LogP contribution in [-0.4, -0.2) is 9.55 Å². The average molecular weight is 535 g/mol. The zero-order valence-corrected chi connectivity index (χ0v) is 23.0. The fourth-order valence-corrected chi connectivity index (χ4v) is 6.97. The van der Waals surface area contributed by atoms with Gasteiger partial charge in [0.05, 0.1) is 11.0 Å². The van der Waals surface area contributed by atoms with Crippen LogP contribution >= 0.6 is 0 Å². The summed E-state index contributed by atoms with van der Waals surface area (Å²) < 4.78 is 2.35. The summed E-state index contributed by atoms with van der Waals surface area (Å²) in [5.41, 5.74) is 7.52. The predicted octanol–water partition coefficient (Wildman–Crippen LogP) is 10.4. The second kappa shape index (κ2) is 9.02. The molecule has 2 nitrogen and oxygen atoms in total. The van der Waals surface area contributed by atoms with E-state index in [1.54, 1.807) is 0 Å². The maximum absolute atomic E-state index is 4.82. The summed E-state index contributed by atoms with van der Waals surface area (Å²) in [6.45, 7) is 0. The van der Waals surface area contributed by atoms with Crippen molar-refractivity contribution in [3.8, 4) is 16.9 Å². The van der Waals surface area contributed by atoms with Crippen molar-refractivity contribution in [3.63, 3.8) is 0 Å². The van der Waals surface area contributed by atoms with Gasteiger partial charge in [-0.1, -0.05) is 109 Å². The third-order valence-corrected chi connectivity index (χ3v) is 8.86. The van der Waals surface area contributed by atoms with Crippen LogP contribution in [0.25, 0.3) is 77.1 Å². The highest BCUT2D eigenvalue weighted by Crippen LogP contribution is 2.43. The van der Waals surface area contributed by atoms with Crippen LogP contribution in [0, 0.1) is 0 Å². The average Bonchev–Trinajstić information content (AvgIpc) is 3.20. The van der Waals surface area contributed by atoms with Crippen LogP contribution in [0.1, 0.15) is 11.1 Å². The molecule has 0 saturated heterocycles. The van der Waals surface area contributed by atoms with Crippen LogP contribution in [0.3, 0.4) is 0 Å². The molecule has 2 heterocycles. The van der Waals surface area contributed by atoms with Crippen molar-refractivity contribution in [2.24, 2.45) is 0 Å². The third-order valence-electron chi connectivity index (χ3n) is 8.86. The van der Waals surface area contributed by atoms with E-state index in [2.05, 4.69) is 138 Å². The number of hydrogen-bond acceptors (Lipinski definition) is 1. The number of rotatable bonds is 2. The van der Waals surface area contributed by atoms with Gasteiger partial charge in [-0.3, -0.25) is 4.57 Å². The lowest BCUT2D eigenvalue weighted by Crippen LogP contribution is -1.97. The highest BCUT2D eigenvalue weighted by Gasteiger charge is 2.20. The minimum absolute atomic E-state index is 0.931. The number of benzene rings is 6. The van der Waals surface area contributed by atoms with Crippen LogP contribution in [0.15, 0.2) is 140 Å². The van der Waals surface area contributed by atoms with Crippen molar-refractivity contribution in [2.45, 2.75) is 6.42 Å². The monoisotopic (exact) mass is 534 g/mol. The Morgan fingerprint density at radius 2 is 1.29 bits per heavy atom. The van der Waals surface area contributed by atoms with E-state index < -0.39 is 0 Å². The lowest BCUT2D eigenvalue weighted by atomic mass is 9.93. The molecular weight excluding hydrogens is 508 g/mol. The normalized spacial score (nSPS) is 13.0. The Morgan fingerprint density at radius 1 is 0.571 bits per heavy atom. The Hall–Kier alpha value is -5.47. The first kappa shape index (κ1) is 23.3. The molecule has 0 saturated carbocycles. The number of aromatic nitrogens is 2. The van der Waals surface area contributed by atoms with Gasteiger partial charge < -0.3 is 0 Å². The van der Waals surface area contributed by atoms with Crippen molar-refractivity contribution in [1.29, 1.82) is 0 Å². The van der Waals surface area contributed by atoms with Gasteiger partial charge in [0.25, 0.3) is 0 Å². The Morgan fingerprint density at radius 3 is 2.12 bits per heavy atom. The smallest absolute Gasteiger partial charge is 0.137 e. The van der Waals surface area contributed by atoms with Gasteiger partial charge in [-0.25, -0.2) is 4.98 Å². The van der Waals surface area contributed by atoms with Gasteiger partial charge in [0.1, 0.15) is 5.82 Å². The van der Waals surface area contributed by atoms with Crippen LogP contribution in [0.5, 0.6) is 0 Å². The quantitative estimate of drug-likeness (QED) is 0.202. The number of allylic oxidation sites excluding steroid dienone is 3. The molecule has 0 radical (unpaired) electrons. The second-order valence-corrected chi connectivity index (χ2v) is 11.1. The zero-order valence-electron chi connectivity index (χ0n) is 23.0. The van der Waals surface area contributed by atoms with E-state index in [-0.39, 0.29) is 0 Å². The summed E-state index contributed by atoms with van der Waals surface area (Å²) in [6.07, 6.45) is 11.6. The Balaban J connectivity index is 1.39. The number of hydrogen-bond donors (Lipinski definition) is 0. The van der Waals surface area contributed by atoms with Gasteiger partial charge in [0.15, 0.2) is 0 Å². The molecule has 0 amide bonds. The van der Waals surface area contributed by atoms with Crippen molar-refractivity contribution in [2.75, 3.05) is 0 Å². The fourth-order valence-electron chi connectivity index (χ4n) is 6.97. The lowest BCUT2D eigenvalue weighted by molar-refractivity contribution is 1.08. The summed E-state index contributed by atoms with van der Waals surface area (Å²) in [5, 5.41) is 10.2. The zero-order chi connectivity index (χ0) is 27.6. The highest BCUT2D eigenvalue weighted by molar-refractivity contribution is 6.32. The molecule has 0 aliphatic heterocycles. The Kier molecular flexibility index (Phi) is 4.99. The van der Waals surface area contributed by atoms with Crippen molar-refractivity contribution < 1.29 is 0 Å². The van der Waals surface area contributed by atoms with Crippen LogP contribution in [-0.2, 0) is 6.42 Å². The van der Waals surface area contributed by atoms with E-state index >= 15 is 0 Å². The molecule has 2 aromatic heterocycles. The Bertz CT molecular complexity index is 2420. The molecule has 0 bridgehead atoms. The first-order chi connectivity index (χ1) is 20.8. The first-order valence-electron chi connectivity index (χ1n) is 14.5. The summed E-state index contributed by atoms with van der Waals surface area (Å²) >= 11 is 0. The van der Waals surface area contributed by atoms with Gasteiger partial charge in [0, 0.05) is 22.4 Å². The first-order valence-corrected chi connectivity index (χ1v) is 14.5. The summed E-state index contributed by atoms with van der Waals surface area (Å²) in [6, 6.07) is 42.1. The molecule has 1 aliphatic carbocycles. The molecule has 0 N–H and O–H groups in total. The highest BCUT2D eigenvalue weighted by atomic mass is 15.1. The largest absolute Gasteiger partial charge is 0.293 e. The van der Waals surface area contributed by atoms with E-state index in [9.17, 15) is 0 Å². The molecule has 6 aromatic carbocycles. The van der Waals surface area contributed by atoms with Gasteiger partial charge in [-0.2, -0.15) is 0 Å². The van der Waals surface area contributed by atoms with Gasteiger partial charge in [-0.15, -0.1) is 0 Å². The van der Waals surface area contributed by atoms with E-state index in [0.717, 1.165) is 12.2 Å². The molecule has 0 unspecified atom stereocenters. The van der Waals surface area contributed by atoms with E-state index in [4.69, 9.17) is 4.98 Å². The predicted molar refractivity (Wildman–Crippen MR) is 178 cm³/mol. The molecule has 196 valence electrons. The maximum Gasteiger partial charge on any atom is 0.137 e. The van der Waals surface area contributed by atoms with Gasteiger partial charge in [-0.05, 0) is 85.9 Å². The lowest BCUT2D eigenvalue weighted by Gasteiger charge is -2.11. The second-order valence-electron chi connectivity index (χ2n) is 11.1. The van der Waals surface area contributed by atoms with Crippen molar-refractivity contribution in [3.05, 3.63) is 151 Å². The van der Waals surface area contributed by atoms with Crippen LogP contribution in [0.2, 0.25) is 0 Å². The standard InChI is InChI=1S/C40H26N2/c1-2-10-26-17-18-27-19-20-28(24-35(27)30(26)11-3-1)29-21-22-37-36(25-29)39-33-14-6-4-12-31(33)32-13-5-7-15-34(32)40(39)42(37)38-16-8-9-23-41-38/h1-10,12-25H,11H2. The van der Waals surface area contributed by atoms with Gasteiger partial charge >= 0.3 is 0 Å². The van der Waals surface area contributed by atoms with E-state index in [1.165, 1.54) is 76.4 Å². The molecule has 0 atom stereocenters. The van der Waals surface area contributed by atoms with E-state index in [0.29, 0.717) is 0 Å². The van der Waals surface area contributed by atoms with Crippen molar-refractivity contribution >= 4 is 60.2 Å².